The van der Waals surface area contributed by atoms with Crippen LogP contribution in [0.15, 0.2) is 121 Å². The van der Waals surface area contributed by atoms with Gasteiger partial charge in [0.1, 0.15) is 46.5 Å². The summed E-state index contributed by atoms with van der Waals surface area (Å²) >= 11 is 0. The molecule has 8 aromatic rings. The first-order chi connectivity index (χ1) is 60.8. The van der Waals surface area contributed by atoms with Crippen molar-refractivity contribution < 1.29 is 70.2 Å². The third kappa shape index (κ3) is 24.8. The molecular formula is C110H132F16. The van der Waals surface area contributed by atoms with Crippen LogP contribution in [0.4, 0.5) is 70.2 Å². The summed E-state index contributed by atoms with van der Waals surface area (Å²) in [6, 6.07) is 22.9. The predicted octanol–water partition coefficient (Wildman–Crippen LogP) is 35.9. The molecule has 8 saturated carbocycles. The molecule has 684 valence electrons. The molecule has 0 bridgehead atoms. The lowest BCUT2D eigenvalue weighted by atomic mass is 9.68. The molecule has 8 aliphatic rings. The van der Waals surface area contributed by atoms with Crippen LogP contribution < -0.4 is 0 Å². The maximum Gasteiger partial charge on any atom is 0.159 e. The molecule has 0 spiro atoms. The highest BCUT2D eigenvalue weighted by molar-refractivity contribution is 5.69. The fourth-order valence-corrected chi connectivity index (χ4v) is 24.2. The van der Waals surface area contributed by atoms with E-state index in [1.54, 1.807) is 0 Å². The summed E-state index contributed by atoms with van der Waals surface area (Å²) < 4.78 is 225. The van der Waals surface area contributed by atoms with Gasteiger partial charge in [0.05, 0.1) is 22.3 Å². The van der Waals surface area contributed by atoms with E-state index in [9.17, 15) is 70.2 Å². The van der Waals surface area contributed by atoms with Gasteiger partial charge in [0.15, 0.2) is 46.5 Å². The number of benzene rings is 8. The van der Waals surface area contributed by atoms with Crippen molar-refractivity contribution in [3.05, 3.63) is 237 Å². The van der Waals surface area contributed by atoms with Gasteiger partial charge in [-0.25, -0.2) is 70.2 Å². The Kier molecular flexibility index (Phi) is 35.1. The van der Waals surface area contributed by atoms with Crippen molar-refractivity contribution in [2.24, 2.45) is 71.0 Å². The number of unbranched alkanes of at least 4 members (excludes halogenated alkanes) is 3. The molecule has 16 rings (SSSR count). The smallest absolute Gasteiger partial charge is 0.159 e. The molecule has 0 atom stereocenters. The summed E-state index contributed by atoms with van der Waals surface area (Å²) in [5.41, 5.74) is 1.65. The molecule has 0 amide bonds. The Balaban J connectivity index is 0.000000144. The van der Waals surface area contributed by atoms with Crippen LogP contribution >= 0.6 is 0 Å². The SMILES string of the molecule is CCC1CCC(C2CCC(c3cc(F)c(-c4ccc(F)c(F)c4)c(F)c3)CC2)CC1.CCCC1CCC(C2CCC(c3cc(F)c(-c4ccc(F)c(F)c4)c(F)c3)CC2)CC1.CCCCC1CCC(C2CCC(c3cc(F)c(-c4ccc(F)c(F)c4)c(F)c3)CC2)CC1.CCCCCC1CCC(C2CCC(c3cc(F)c(-c4ccc(F)c(F)c4)c(F)c3)CC2)CC1. The first-order valence-corrected chi connectivity index (χ1v) is 48.6. The van der Waals surface area contributed by atoms with Crippen molar-refractivity contribution >= 4 is 0 Å². The normalized spacial score (nSPS) is 26.5. The van der Waals surface area contributed by atoms with Crippen molar-refractivity contribution in [1.82, 2.24) is 0 Å². The molecule has 0 nitrogen and oxygen atoms in total. The molecule has 0 radical (unpaired) electrons. The van der Waals surface area contributed by atoms with Crippen molar-refractivity contribution in [2.75, 3.05) is 0 Å². The second kappa shape index (κ2) is 45.9. The lowest BCUT2D eigenvalue weighted by Gasteiger charge is -2.38. The fourth-order valence-electron chi connectivity index (χ4n) is 24.2. The van der Waals surface area contributed by atoms with Crippen molar-refractivity contribution in [3.8, 4) is 44.5 Å². The van der Waals surface area contributed by atoms with Gasteiger partial charge in [0.25, 0.3) is 0 Å². The van der Waals surface area contributed by atoms with Crippen LogP contribution in [0.2, 0.25) is 0 Å². The monoisotopic (exact) mass is 1760 g/mol. The summed E-state index contributed by atoms with van der Waals surface area (Å²) in [5.74, 6) is -3.69. The molecule has 8 aromatic carbocycles. The largest absolute Gasteiger partial charge is 0.206 e. The summed E-state index contributed by atoms with van der Waals surface area (Å²) in [4.78, 5) is 0. The number of hydrogen-bond donors (Lipinski definition) is 0. The van der Waals surface area contributed by atoms with Crippen molar-refractivity contribution in [3.63, 3.8) is 0 Å². The molecule has 0 saturated heterocycles. The number of rotatable bonds is 22. The van der Waals surface area contributed by atoms with Crippen LogP contribution in [0, 0.1) is 164 Å². The van der Waals surface area contributed by atoms with Gasteiger partial charge in [-0.15, -0.1) is 0 Å². The minimum Gasteiger partial charge on any atom is -0.206 e. The lowest BCUT2D eigenvalue weighted by molar-refractivity contribution is 0.155. The highest BCUT2D eigenvalue weighted by Crippen LogP contribution is 2.52. The molecule has 0 N–H and O–H groups in total. The Labute approximate surface area is 739 Å². The van der Waals surface area contributed by atoms with E-state index in [0.29, 0.717) is 22.3 Å². The van der Waals surface area contributed by atoms with Crippen LogP contribution in [0.3, 0.4) is 0 Å². The van der Waals surface area contributed by atoms with E-state index in [4.69, 9.17) is 0 Å². The predicted molar refractivity (Wildman–Crippen MR) is 476 cm³/mol. The standard InChI is InChI=1S/C29H36F4.C28H34F4.C27H32F4.C26H30F4/c1-2-3-4-5-19-6-8-20(9-7-19)21-10-12-22(13-11-21)24-17-27(32)29(28(33)18-24)23-14-15-25(30)26(31)16-23;1-2-3-4-18-5-7-19(8-6-18)20-9-11-21(12-10-20)23-16-26(31)28(27(32)17-23)22-13-14-24(29)25(30)15-22;1-2-3-17-4-6-18(7-5-17)19-8-10-20(11-9-19)22-15-25(30)27(26(31)16-22)21-12-13-23(28)24(29)14-21;1-2-16-3-5-17(6-4-16)18-7-9-19(10-8-18)21-14-24(29)26(25(30)15-21)20-11-12-22(27)23(28)13-20/h14-22H,2-13H2,1H3;13-21H,2-12H2,1H3;12-20H,2-11H2,1H3;11-19H,2-10H2,1H3. The zero-order chi connectivity index (χ0) is 89.2. The Hall–Kier alpha value is -7.36. The quantitative estimate of drug-likeness (QED) is 0.0469. The second-order valence-electron chi connectivity index (χ2n) is 39.4. The Morgan fingerprint density at radius 3 is 0.579 bits per heavy atom. The Bertz CT molecular complexity index is 4700. The molecular weight excluding hydrogens is 1630 g/mol. The van der Waals surface area contributed by atoms with E-state index in [0.717, 1.165) is 222 Å². The van der Waals surface area contributed by atoms with Gasteiger partial charge in [0, 0.05) is 0 Å². The topological polar surface area (TPSA) is 0 Å². The van der Waals surface area contributed by atoms with E-state index in [2.05, 4.69) is 27.7 Å². The highest BCUT2D eigenvalue weighted by atomic mass is 19.2. The average Bonchev–Trinajstić information content (AvgIpc) is 0.802. The zero-order valence-electron chi connectivity index (χ0n) is 74.5. The zero-order valence-corrected chi connectivity index (χ0v) is 74.5. The first-order valence-electron chi connectivity index (χ1n) is 48.6. The van der Waals surface area contributed by atoms with Gasteiger partial charge in [0.2, 0.25) is 0 Å². The van der Waals surface area contributed by atoms with E-state index in [1.807, 2.05) is 0 Å². The van der Waals surface area contributed by atoms with Gasteiger partial charge in [-0.1, -0.05) is 168 Å². The maximum absolute atomic E-state index is 14.8. The molecule has 126 heavy (non-hydrogen) atoms. The molecule has 0 unspecified atom stereocenters. The van der Waals surface area contributed by atoms with Crippen molar-refractivity contribution in [1.29, 1.82) is 0 Å². The molecule has 8 fully saturated rings. The van der Waals surface area contributed by atoms with Gasteiger partial charge in [-0.3, -0.25) is 0 Å². The molecule has 0 heterocycles. The van der Waals surface area contributed by atoms with Crippen LogP contribution in [0.25, 0.3) is 44.5 Å². The second-order valence-corrected chi connectivity index (χ2v) is 39.4. The van der Waals surface area contributed by atoms with Crippen LogP contribution in [-0.4, -0.2) is 0 Å². The summed E-state index contributed by atoms with van der Waals surface area (Å²) in [6.07, 6.45) is 51.7. The maximum atomic E-state index is 14.8. The Morgan fingerprint density at radius 2 is 0.381 bits per heavy atom. The molecule has 8 aliphatic carbocycles. The number of halogens is 16. The number of hydrogen-bond acceptors (Lipinski definition) is 0. The van der Waals surface area contributed by atoms with Crippen LogP contribution in [-0.2, 0) is 0 Å². The average molecular weight is 1760 g/mol. The van der Waals surface area contributed by atoms with Crippen LogP contribution in [0.1, 0.15) is 343 Å². The molecule has 0 aliphatic heterocycles. The van der Waals surface area contributed by atoms with Gasteiger partial charge < -0.3 is 0 Å². The summed E-state index contributed by atoms with van der Waals surface area (Å²) in [5, 5.41) is 0. The summed E-state index contributed by atoms with van der Waals surface area (Å²) in [6.45, 7) is 9.07. The van der Waals surface area contributed by atoms with E-state index >= 15 is 0 Å². The fraction of sp³-hybridized carbons (Fsp3) is 0.564. The minimum atomic E-state index is -1.11. The van der Waals surface area contributed by atoms with Gasteiger partial charge in [-0.2, -0.15) is 0 Å². The lowest BCUT2D eigenvalue weighted by Crippen LogP contribution is -2.25. The van der Waals surface area contributed by atoms with Crippen molar-refractivity contribution in [2.45, 2.75) is 321 Å². The van der Waals surface area contributed by atoms with Gasteiger partial charge in [-0.05, 0) is 390 Å². The van der Waals surface area contributed by atoms with Gasteiger partial charge >= 0.3 is 0 Å². The third-order valence-corrected chi connectivity index (χ3v) is 31.8. The highest BCUT2D eigenvalue weighted by Gasteiger charge is 2.38. The Morgan fingerprint density at radius 1 is 0.183 bits per heavy atom. The summed E-state index contributed by atoms with van der Waals surface area (Å²) in [7, 11) is 0. The van der Waals surface area contributed by atoms with E-state index in [-0.39, 0.29) is 68.2 Å². The first kappa shape index (κ1) is 96.2. The third-order valence-electron chi connectivity index (χ3n) is 31.8. The minimum absolute atomic E-state index is 0.0156. The van der Waals surface area contributed by atoms with Crippen LogP contribution in [0.5, 0.6) is 0 Å². The van der Waals surface area contributed by atoms with E-state index in [1.165, 1.54) is 240 Å². The molecule has 16 heteroatoms. The van der Waals surface area contributed by atoms with E-state index < -0.39 is 93.1 Å². The molecule has 0 aromatic heterocycles.